The Balaban J connectivity index is 0.00000364. The number of amides is 1. The van der Waals surface area contributed by atoms with Crippen molar-refractivity contribution < 1.29 is 4.79 Å². The molecule has 2 rings (SSSR count). The summed E-state index contributed by atoms with van der Waals surface area (Å²) in [5, 5.41) is 9.99. The Morgan fingerprint density at radius 1 is 1.30 bits per heavy atom. The Bertz CT molecular complexity index is 611. The van der Waals surface area contributed by atoms with Crippen LogP contribution in [0.3, 0.4) is 0 Å². The van der Waals surface area contributed by atoms with E-state index in [-0.39, 0.29) is 35.3 Å². The molecule has 0 spiro atoms. The number of rotatable bonds is 8. The van der Waals surface area contributed by atoms with E-state index >= 15 is 0 Å². The first-order valence-electron chi connectivity index (χ1n) is 9.68. The van der Waals surface area contributed by atoms with Crippen LogP contribution < -0.4 is 10.6 Å². The molecule has 1 saturated carbocycles. The molecule has 1 aliphatic rings. The van der Waals surface area contributed by atoms with E-state index in [9.17, 15) is 4.79 Å². The number of guanidine groups is 1. The van der Waals surface area contributed by atoms with Crippen LogP contribution in [-0.2, 0) is 17.6 Å². The van der Waals surface area contributed by atoms with Crippen LogP contribution in [0.5, 0.6) is 0 Å². The maximum atomic E-state index is 12.7. The Morgan fingerprint density at radius 2 is 2.00 bits per heavy atom. The third-order valence-corrected chi connectivity index (χ3v) is 5.92. The first kappa shape index (κ1) is 24.1. The molecule has 0 saturated heterocycles. The van der Waals surface area contributed by atoms with E-state index in [2.05, 4.69) is 34.8 Å². The van der Waals surface area contributed by atoms with Gasteiger partial charge in [0, 0.05) is 39.0 Å². The van der Waals surface area contributed by atoms with Crippen LogP contribution in [0.25, 0.3) is 0 Å². The molecule has 1 aromatic heterocycles. The van der Waals surface area contributed by atoms with Gasteiger partial charge in [-0.25, -0.2) is 4.98 Å². The molecule has 1 amide bonds. The van der Waals surface area contributed by atoms with E-state index in [4.69, 9.17) is 4.99 Å². The minimum Gasteiger partial charge on any atom is -0.357 e. The van der Waals surface area contributed by atoms with Gasteiger partial charge in [-0.2, -0.15) is 0 Å². The van der Waals surface area contributed by atoms with Gasteiger partial charge in [0.25, 0.3) is 0 Å². The van der Waals surface area contributed by atoms with Crippen LogP contribution in [0.1, 0.15) is 50.2 Å². The molecule has 0 unspecified atom stereocenters. The van der Waals surface area contributed by atoms with Crippen LogP contribution in [0, 0.1) is 5.41 Å². The summed E-state index contributed by atoms with van der Waals surface area (Å²) >= 11 is 1.72. The lowest BCUT2D eigenvalue weighted by atomic mass is 9.85. The fourth-order valence-corrected chi connectivity index (χ4v) is 4.25. The predicted molar refractivity (Wildman–Crippen MR) is 124 cm³/mol. The molecule has 1 aromatic rings. The number of aliphatic imine (C=N–C) groups is 1. The average molecular weight is 507 g/mol. The van der Waals surface area contributed by atoms with Gasteiger partial charge in [-0.3, -0.25) is 9.79 Å². The first-order chi connectivity index (χ1) is 12.5. The van der Waals surface area contributed by atoms with Crippen molar-refractivity contribution in [3.05, 3.63) is 16.1 Å². The summed E-state index contributed by atoms with van der Waals surface area (Å²) in [6.45, 7) is 6.33. The zero-order chi connectivity index (χ0) is 19.0. The molecule has 1 aliphatic carbocycles. The van der Waals surface area contributed by atoms with Crippen molar-refractivity contribution in [1.82, 2.24) is 20.5 Å². The molecule has 0 bridgehead atoms. The van der Waals surface area contributed by atoms with Crippen molar-refractivity contribution in [3.8, 4) is 0 Å². The fourth-order valence-electron chi connectivity index (χ4n) is 3.47. The highest BCUT2D eigenvalue weighted by molar-refractivity contribution is 14.0. The summed E-state index contributed by atoms with van der Waals surface area (Å²) in [6.07, 6.45) is 5.97. The van der Waals surface area contributed by atoms with Gasteiger partial charge < -0.3 is 15.5 Å². The number of carbonyl (C=O) groups is 1. The summed E-state index contributed by atoms with van der Waals surface area (Å²) in [7, 11) is 3.68. The first-order valence-corrected chi connectivity index (χ1v) is 10.6. The largest absolute Gasteiger partial charge is 0.357 e. The van der Waals surface area contributed by atoms with E-state index in [0.717, 1.165) is 63.3 Å². The van der Waals surface area contributed by atoms with Crippen LogP contribution in [0.15, 0.2) is 10.4 Å². The zero-order valence-corrected chi connectivity index (χ0v) is 20.2. The molecule has 0 aromatic carbocycles. The number of nitrogens with zero attached hydrogens (tertiary/aromatic N) is 3. The Morgan fingerprint density at radius 3 is 2.56 bits per heavy atom. The van der Waals surface area contributed by atoms with E-state index in [0.29, 0.717) is 6.54 Å². The van der Waals surface area contributed by atoms with Crippen LogP contribution >= 0.6 is 35.3 Å². The maximum absolute atomic E-state index is 12.7. The smallest absolute Gasteiger partial charge is 0.230 e. The van der Waals surface area contributed by atoms with Gasteiger partial charge in [0.1, 0.15) is 0 Å². The molecule has 0 aliphatic heterocycles. The summed E-state index contributed by atoms with van der Waals surface area (Å²) in [6, 6.07) is 0. The number of nitrogens with one attached hydrogen (secondary N) is 2. The zero-order valence-electron chi connectivity index (χ0n) is 17.0. The number of aryl methyl sites for hydroxylation is 1. The highest BCUT2D eigenvalue weighted by Gasteiger charge is 2.42. The molecule has 27 heavy (non-hydrogen) atoms. The molecule has 1 heterocycles. The van der Waals surface area contributed by atoms with Gasteiger partial charge in [0.05, 0.1) is 22.7 Å². The highest BCUT2D eigenvalue weighted by atomic mass is 127. The van der Waals surface area contributed by atoms with Crippen molar-refractivity contribution in [1.29, 1.82) is 0 Å². The number of thiazole rings is 1. The van der Waals surface area contributed by atoms with Crippen molar-refractivity contribution in [2.24, 2.45) is 10.4 Å². The minimum absolute atomic E-state index is 0. The predicted octanol–water partition coefficient (Wildman–Crippen LogP) is 3.07. The third-order valence-electron chi connectivity index (χ3n) is 4.88. The fraction of sp³-hybridized carbons (Fsp3) is 0.737. The van der Waals surface area contributed by atoms with Crippen molar-refractivity contribution >= 4 is 47.2 Å². The Kier molecular flexibility index (Phi) is 10.6. The average Bonchev–Trinajstić information content (AvgIpc) is 3.29. The summed E-state index contributed by atoms with van der Waals surface area (Å²) in [4.78, 5) is 23.7. The summed E-state index contributed by atoms with van der Waals surface area (Å²) in [5.41, 5.74) is 0.807. The molecule has 0 radical (unpaired) electrons. The van der Waals surface area contributed by atoms with Gasteiger partial charge in [-0.05, 0) is 26.2 Å². The molecular formula is C19H34IN5OS. The number of carbonyl (C=O) groups excluding carboxylic acids is 1. The second-order valence-electron chi connectivity index (χ2n) is 7.15. The Hall–Kier alpha value is -0.900. The lowest BCUT2D eigenvalue weighted by Gasteiger charge is -2.29. The van der Waals surface area contributed by atoms with E-state index in [1.54, 1.807) is 16.2 Å². The van der Waals surface area contributed by atoms with E-state index in [1.807, 2.05) is 14.1 Å². The van der Waals surface area contributed by atoms with Crippen LogP contribution in [0.4, 0.5) is 0 Å². The monoisotopic (exact) mass is 507 g/mol. The topological polar surface area (TPSA) is 69.6 Å². The van der Waals surface area contributed by atoms with Crippen molar-refractivity contribution in [2.75, 3.05) is 33.7 Å². The molecule has 2 N–H and O–H groups in total. The third kappa shape index (κ3) is 6.89. The van der Waals surface area contributed by atoms with Gasteiger partial charge in [0.15, 0.2) is 5.96 Å². The van der Waals surface area contributed by atoms with Gasteiger partial charge in [0.2, 0.25) is 5.91 Å². The van der Waals surface area contributed by atoms with Gasteiger partial charge in [-0.1, -0.05) is 19.8 Å². The van der Waals surface area contributed by atoms with Crippen molar-refractivity contribution in [3.63, 3.8) is 0 Å². The SMILES string of the molecule is CCNC(=NCC1(C(=O)N(C)C)CCCC1)NCCc1csc(CC)n1.I. The lowest BCUT2D eigenvalue weighted by Crippen LogP contribution is -2.43. The molecule has 154 valence electrons. The van der Waals surface area contributed by atoms with Crippen molar-refractivity contribution in [2.45, 2.75) is 52.4 Å². The highest BCUT2D eigenvalue weighted by Crippen LogP contribution is 2.39. The standard InChI is InChI=1S/C19H33N5OS.HI/c1-5-16-23-15(13-26-16)9-12-21-18(20-6-2)22-14-19(10-7-8-11-19)17(25)24(3)4;/h13H,5-12,14H2,1-4H3,(H2,20,21,22);1H. The van der Waals surface area contributed by atoms with Gasteiger partial charge in [-0.15, -0.1) is 35.3 Å². The second kappa shape index (κ2) is 11.8. The van der Waals surface area contributed by atoms with Crippen LogP contribution in [0.2, 0.25) is 0 Å². The quantitative estimate of drug-likeness (QED) is 0.323. The second-order valence-corrected chi connectivity index (χ2v) is 8.09. The molecule has 0 atom stereocenters. The number of hydrogen-bond donors (Lipinski definition) is 2. The number of halogens is 1. The normalized spacial score (nSPS) is 15.9. The maximum Gasteiger partial charge on any atom is 0.230 e. The molecule has 8 heteroatoms. The van der Waals surface area contributed by atoms with Crippen LogP contribution in [-0.4, -0.2) is 55.5 Å². The summed E-state index contributed by atoms with van der Waals surface area (Å²) in [5.74, 6) is 1.00. The lowest BCUT2D eigenvalue weighted by molar-refractivity contribution is -0.138. The number of aromatic nitrogens is 1. The number of hydrogen-bond acceptors (Lipinski definition) is 4. The Labute approximate surface area is 184 Å². The molecular weight excluding hydrogens is 473 g/mol. The molecule has 6 nitrogen and oxygen atoms in total. The van der Waals surface area contributed by atoms with E-state index in [1.165, 1.54) is 5.01 Å². The summed E-state index contributed by atoms with van der Waals surface area (Å²) < 4.78 is 0. The van der Waals surface area contributed by atoms with E-state index < -0.39 is 0 Å². The van der Waals surface area contributed by atoms with Gasteiger partial charge >= 0.3 is 0 Å². The minimum atomic E-state index is -0.323. The molecule has 1 fully saturated rings.